The van der Waals surface area contributed by atoms with E-state index >= 15 is 0 Å². The lowest BCUT2D eigenvalue weighted by Gasteiger charge is -2.06. The van der Waals surface area contributed by atoms with Gasteiger partial charge < -0.3 is 10.3 Å². The van der Waals surface area contributed by atoms with Crippen LogP contribution in [-0.4, -0.2) is 15.5 Å². The number of thiophene rings is 1. The first kappa shape index (κ1) is 15.2. The first-order valence-corrected chi connectivity index (χ1v) is 8.04. The van der Waals surface area contributed by atoms with Crippen LogP contribution in [0.25, 0.3) is 10.2 Å². The van der Waals surface area contributed by atoms with E-state index in [9.17, 15) is 14.4 Å². The molecule has 3 rings (SSSR count). The summed E-state index contributed by atoms with van der Waals surface area (Å²) in [5.74, 6) is -0.202. The van der Waals surface area contributed by atoms with E-state index in [0.717, 1.165) is 10.1 Å². The van der Waals surface area contributed by atoms with Gasteiger partial charge in [-0.05, 0) is 17.0 Å². The Morgan fingerprint density at radius 2 is 1.96 bits per heavy atom. The summed E-state index contributed by atoms with van der Waals surface area (Å²) in [6.45, 7) is 0.484. The van der Waals surface area contributed by atoms with Gasteiger partial charge in [0.15, 0.2) is 0 Å². The number of amides is 1. The van der Waals surface area contributed by atoms with E-state index in [1.807, 2.05) is 30.3 Å². The summed E-state index contributed by atoms with van der Waals surface area (Å²) in [6.07, 6.45) is 0.0761. The first-order valence-electron chi connectivity index (χ1n) is 7.16. The van der Waals surface area contributed by atoms with Crippen LogP contribution in [0.5, 0.6) is 0 Å². The number of fused-ring (bicyclic) bond motifs is 1. The largest absolute Gasteiger partial charge is 0.352 e. The van der Waals surface area contributed by atoms with Gasteiger partial charge in [0.25, 0.3) is 5.56 Å². The predicted octanol–water partition coefficient (Wildman–Crippen LogP) is 1.46. The Morgan fingerprint density at radius 1 is 1.17 bits per heavy atom. The molecule has 0 radical (unpaired) electrons. The summed E-state index contributed by atoms with van der Waals surface area (Å²) in [5, 5.41) is 4.53. The number of benzene rings is 1. The molecule has 7 heteroatoms. The molecule has 0 aliphatic carbocycles. The van der Waals surface area contributed by atoms with E-state index in [4.69, 9.17) is 0 Å². The van der Waals surface area contributed by atoms with Gasteiger partial charge >= 0.3 is 5.69 Å². The minimum atomic E-state index is -0.489. The van der Waals surface area contributed by atoms with E-state index in [1.165, 1.54) is 11.3 Å². The molecule has 1 aromatic carbocycles. The van der Waals surface area contributed by atoms with Gasteiger partial charge in [-0.15, -0.1) is 11.3 Å². The van der Waals surface area contributed by atoms with Crippen LogP contribution in [0.3, 0.4) is 0 Å². The zero-order chi connectivity index (χ0) is 16.2. The van der Waals surface area contributed by atoms with Crippen molar-refractivity contribution < 1.29 is 4.79 Å². The van der Waals surface area contributed by atoms with Crippen molar-refractivity contribution in [3.63, 3.8) is 0 Å². The highest BCUT2D eigenvalue weighted by molar-refractivity contribution is 7.17. The quantitative estimate of drug-likeness (QED) is 0.743. The van der Waals surface area contributed by atoms with Crippen molar-refractivity contribution in [1.82, 2.24) is 14.9 Å². The van der Waals surface area contributed by atoms with Crippen molar-refractivity contribution in [2.24, 2.45) is 0 Å². The number of carbonyl (C=O) groups excluding carboxylic acids is 1. The van der Waals surface area contributed by atoms with Crippen LogP contribution in [0.2, 0.25) is 0 Å². The van der Waals surface area contributed by atoms with Gasteiger partial charge in [-0.1, -0.05) is 30.3 Å². The number of aromatic nitrogens is 2. The van der Waals surface area contributed by atoms with Crippen LogP contribution in [0.4, 0.5) is 0 Å². The monoisotopic (exact) mass is 329 g/mol. The standard InChI is InChI=1S/C16H15N3O3S/c20-13(17-10-11-4-2-1-3-5-11)6-8-19-15(21)14-12(7-9-23-14)18-16(19)22/h1-5,7,9H,6,8,10H2,(H,17,20)(H,18,22). The van der Waals surface area contributed by atoms with Gasteiger partial charge in [-0.25, -0.2) is 4.79 Å². The van der Waals surface area contributed by atoms with Gasteiger partial charge in [-0.2, -0.15) is 0 Å². The highest BCUT2D eigenvalue weighted by Crippen LogP contribution is 2.12. The Hall–Kier alpha value is -2.67. The Labute approximate surface area is 135 Å². The van der Waals surface area contributed by atoms with Crippen molar-refractivity contribution in [1.29, 1.82) is 0 Å². The Balaban J connectivity index is 1.65. The maximum absolute atomic E-state index is 12.2. The van der Waals surface area contributed by atoms with Crippen molar-refractivity contribution in [3.8, 4) is 0 Å². The molecule has 0 bridgehead atoms. The second kappa shape index (κ2) is 6.62. The van der Waals surface area contributed by atoms with Crippen LogP contribution in [0, 0.1) is 0 Å². The van der Waals surface area contributed by atoms with Gasteiger partial charge in [0.2, 0.25) is 5.91 Å². The molecule has 0 aliphatic heterocycles. The summed E-state index contributed by atoms with van der Waals surface area (Å²) in [5.41, 5.74) is 0.692. The molecule has 3 aromatic rings. The molecular weight excluding hydrogens is 314 g/mol. The van der Waals surface area contributed by atoms with Gasteiger partial charge in [-0.3, -0.25) is 14.2 Å². The second-order valence-corrected chi connectivity index (χ2v) is 5.98. The van der Waals surface area contributed by atoms with Crippen molar-refractivity contribution >= 4 is 27.5 Å². The van der Waals surface area contributed by atoms with E-state index in [-0.39, 0.29) is 24.4 Å². The zero-order valence-corrected chi connectivity index (χ0v) is 13.1. The molecule has 0 saturated carbocycles. The summed E-state index contributed by atoms with van der Waals surface area (Å²) in [7, 11) is 0. The lowest BCUT2D eigenvalue weighted by Crippen LogP contribution is -2.36. The van der Waals surface area contributed by atoms with Gasteiger partial charge in [0.1, 0.15) is 4.70 Å². The molecule has 6 nitrogen and oxygen atoms in total. The Morgan fingerprint density at radius 3 is 2.74 bits per heavy atom. The van der Waals surface area contributed by atoms with Crippen LogP contribution in [0.15, 0.2) is 51.4 Å². The van der Waals surface area contributed by atoms with Crippen molar-refractivity contribution in [2.45, 2.75) is 19.5 Å². The van der Waals surface area contributed by atoms with E-state index in [2.05, 4.69) is 10.3 Å². The maximum atomic E-state index is 12.2. The SMILES string of the molecule is O=C(CCn1c(=O)[nH]c2ccsc2c1=O)NCc1ccccc1. The summed E-state index contributed by atoms with van der Waals surface area (Å²) in [4.78, 5) is 38.7. The predicted molar refractivity (Wildman–Crippen MR) is 89.6 cm³/mol. The third-order valence-corrected chi connectivity index (χ3v) is 4.39. The summed E-state index contributed by atoms with van der Waals surface area (Å²) in [6, 6.07) is 11.2. The number of H-pyrrole nitrogens is 1. The molecule has 0 saturated heterocycles. The average molecular weight is 329 g/mol. The number of aromatic amines is 1. The lowest BCUT2D eigenvalue weighted by molar-refractivity contribution is -0.121. The number of hydrogen-bond acceptors (Lipinski definition) is 4. The molecule has 2 heterocycles. The molecule has 0 atom stereocenters. The number of hydrogen-bond donors (Lipinski definition) is 2. The van der Waals surface area contributed by atoms with Crippen LogP contribution in [0.1, 0.15) is 12.0 Å². The highest BCUT2D eigenvalue weighted by Gasteiger charge is 2.10. The number of rotatable bonds is 5. The molecule has 0 spiro atoms. The Bertz CT molecular complexity index is 940. The molecule has 23 heavy (non-hydrogen) atoms. The van der Waals surface area contributed by atoms with E-state index in [0.29, 0.717) is 16.8 Å². The molecule has 1 amide bonds. The van der Waals surface area contributed by atoms with E-state index < -0.39 is 5.69 Å². The van der Waals surface area contributed by atoms with Gasteiger partial charge in [0, 0.05) is 19.5 Å². The smallest absolute Gasteiger partial charge is 0.328 e. The average Bonchev–Trinajstić information content (AvgIpc) is 3.02. The first-order chi connectivity index (χ1) is 11.1. The second-order valence-electron chi connectivity index (χ2n) is 5.06. The fourth-order valence-corrected chi connectivity index (χ4v) is 3.07. The summed E-state index contributed by atoms with van der Waals surface area (Å²) >= 11 is 1.27. The fourth-order valence-electron chi connectivity index (χ4n) is 2.27. The molecule has 0 fully saturated rings. The normalized spacial score (nSPS) is 10.8. The number of carbonyl (C=O) groups is 1. The minimum absolute atomic E-state index is 0.0582. The van der Waals surface area contributed by atoms with Crippen LogP contribution >= 0.6 is 11.3 Å². The molecule has 118 valence electrons. The molecule has 0 aliphatic rings. The molecule has 2 N–H and O–H groups in total. The summed E-state index contributed by atoms with van der Waals surface area (Å²) < 4.78 is 1.57. The molecular formula is C16H15N3O3S. The van der Waals surface area contributed by atoms with Crippen LogP contribution in [-0.2, 0) is 17.9 Å². The van der Waals surface area contributed by atoms with E-state index in [1.54, 1.807) is 11.4 Å². The van der Waals surface area contributed by atoms with Crippen LogP contribution < -0.4 is 16.6 Å². The Kier molecular flexibility index (Phi) is 4.38. The zero-order valence-electron chi connectivity index (χ0n) is 12.2. The lowest BCUT2D eigenvalue weighted by atomic mass is 10.2. The minimum Gasteiger partial charge on any atom is -0.352 e. The topological polar surface area (TPSA) is 84.0 Å². The molecule has 2 aromatic heterocycles. The fraction of sp³-hybridized carbons (Fsp3) is 0.188. The number of nitrogens with one attached hydrogen (secondary N) is 2. The maximum Gasteiger partial charge on any atom is 0.328 e. The third kappa shape index (κ3) is 3.40. The molecule has 0 unspecified atom stereocenters. The highest BCUT2D eigenvalue weighted by atomic mass is 32.1. The van der Waals surface area contributed by atoms with Crippen molar-refractivity contribution in [2.75, 3.05) is 0 Å². The van der Waals surface area contributed by atoms with Crippen molar-refractivity contribution in [3.05, 3.63) is 68.2 Å². The third-order valence-electron chi connectivity index (χ3n) is 3.49. The van der Waals surface area contributed by atoms with Gasteiger partial charge in [0.05, 0.1) is 5.52 Å². The number of nitrogens with zero attached hydrogens (tertiary/aromatic N) is 1.